The van der Waals surface area contributed by atoms with Crippen molar-refractivity contribution in [2.24, 2.45) is 0 Å². The summed E-state index contributed by atoms with van der Waals surface area (Å²) in [5, 5.41) is 0.169. The maximum absolute atomic E-state index is 12.6. The zero-order chi connectivity index (χ0) is 17.7. The standard InChI is InChI=1S/C15H19ClN2O5S/c1-2-15(20)23-11-14(19)17-7-9-18(10-8-17)24(21,22)13-6-4-3-5-12(13)16/h3-6H,2,7-11H2,1H3. The number of benzene rings is 1. The summed E-state index contributed by atoms with van der Waals surface area (Å²) in [6.45, 7) is 2.15. The average molecular weight is 375 g/mol. The van der Waals surface area contributed by atoms with Crippen LogP contribution in [0.15, 0.2) is 29.2 Å². The van der Waals surface area contributed by atoms with Crippen molar-refractivity contribution in [2.45, 2.75) is 18.2 Å². The lowest BCUT2D eigenvalue weighted by atomic mass is 10.3. The summed E-state index contributed by atoms with van der Waals surface area (Å²) in [7, 11) is -3.69. The number of ether oxygens (including phenoxy) is 1. The van der Waals surface area contributed by atoms with Crippen LogP contribution in [0.1, 0.15) is 13.3 Å². The Morgan fingerprint density at radius 1 is 1.17 bits per heavy atom. The molecule has 2 rings (SSSR count). The normalized spacial score (nSPS) is 16.0. The molecule has 1 saturated heterocycles. The van der Waals surface area contributed by atoms with Crippen LogP contribution in [0.4, 0.5) is 0 Å². The third-order valence-corrected chi connectivity index (χ3v) is 6.09. The van der Waals surface area contributed by atoms with Crippen LogP contribution in [0.5, 0.6) is 0 Å². The van der Waals surface area contributed by atoms with Crippen molar-refractivity contribution >= 4 is 33.5 Å². The molecular formula is C15H19ClN2O5S. The summed E-state index contributed by atoms with van der Waals surface area (Å²) in [6, 6.07) is 6.26. The van der Waals surface area contributed by atoms with Gasteiger partial charge < -0.3 is 9.64 Å². The number of carbonyl (C=O) groups excluding carboxylic acids is 2. The Balaban J connectivity index is 1.96. The topological polar surface area (TPSA) is 84.0 Å². The lowest BCUT2D eigenvalue weighted by Gasteiger charge is -2.34. The first-order valence-electron chi connectivity index (χ1n) is 7.54. The van der Waals surface area contributed by atoms with Crippen molar-refractivity contribution in [2.75, 3.05) is 32.8 Å². The Morgan fingerprint density at radius 3 is 2.38 bits per heavy atom. The van der Waals surface area contributed by atoms with Crippen LogP contribution in [-0.4, -0.2) is 62.3 Å². The van der Waals surface area contributed by atoms with Gasteiger partial charge in [-0.05, 0) is 12.1 Å². The zero-order valence-corrected chi connectivity index (χ0v) is 14.8. The molecule has 0 unspecified atom stereocenters. The summed E-state index contributed by atoms with van der Waals surface area (Å²) in [4.78, 5) is 24.6. The quantitative estimate of drug-likeness (QED) is 0.721. The van der Waals surface area contributed by atoms with Crippen LogP contribution in [0, 0.1) is 0 Å². The van der Waals surface area contributed by atoms with Crippen molar-refractivity contribution in [1.29, 1.82) is 0 Å². The summed E-state index contributed by atoms with van der Waals surface area (Å²) in [6.07, 6.45) is 0.205. The molecular weight excluding hydrogens is 356 g/mol. The van der Waals surface area contributed by atoms with Gasteiger partial charge >= 0.3 is 5.97 Å². The first-order valence-corrected chi connectivity index (χ1v) is 9.36. The number of amides is 1. The Hall–Kier alpha value is -1.64. The summed E-state index contributed by atoms with van der Waals surface area (Å²) in [5.41, 5.74) is 0. The van der Waals surface area contributed by atoms with Gasteiger partial charge in [-0.2, -0.15) is 4.31 Å². The SMILES string of the molecule is CCC(=O)OCC(=O)N1CCN(S(=O)(=O)c2ccccc2Cl)CC1. The molecule has 0 aromatic heterocycles. The van der Waals surface area contributed by atoms with E-state index in [9.17, 15) is 18.0 Å². The third-order valence-electron chi connectivity index (χ3n) is 3.69. The number of halogens is 1. The Labute approximate surface area is 146 Å². The molecule has 132 valence electrons. The van der Waals surface area contributed by atoms with E-state index >= 15 is 0 Å². The molecule has 0 aliphatic carbocycles. The summed E-state index contributed by atoms with van der Waals surface area (Å²) < 4.78 is 31.3. The highest BCUT2D eigenvalue weighted by Gasteiger charge is 2.31. The van der Waals surface area contributed by atoms with Gasteiger partial charge in [0.2, 0.25) is 10.0 Å². The van der Waals surface area contributed by atoms with Crippen LogP contribution < -0.4 is 0 Å². The predicted octanol–water partition coefficient (Wildman–Crippen LogP) is 1.13. The van der Waals surface area contributed by atoms with Crippen molar-refractivity contribution in [3.63, 3.8) is 0 Å². The molecule has 1 aromatic rings. The van der Waals surface area contributed by atoms with Crippen molar-refractivity contribution in [1.82, 2.24) is 9.21 Å². The molecule has 1 aromatic carbocycles. The number of hydrogen-bond acceptors (Lipinski definition) is 5. The summed E-state index contributed by atoms with van der Waals surface area (Å²) >= 11 is 5.97. The van der Waals surface area contributed by atoms with E-state index in [0.29, 0.717) is 0 Å². The van der Waals surface area contributed by atoms with E-state index in [1.807, 2.05) is 0 Å². The Kier molecular flexibility index (Phi) is 6.20. The monoisotopic (exact) mass is 374 g/mol. The number of carbonyl (C=O) groups is 2. The van der Waals surface area contributed by atoms with E-state index in [0.717, 1.165) is 0 Å². The van der Waals surface area contributed by atoms with Gasteiger partial charge in [-0.25, -0.2) is 8.42 Å². The molecule has 0 saturated carbocycles. The third kappa shape index (κ3) is 4.25. The number of sulfonamides is 1. The van der Waals surface area contributed by atoms with E-state index in [2.05, 4.69) is 0 Å². The van der Waals surface area contributed by atoms with Crippen molar-refractivity contribution < 1.29 is 22.7 Å². The van der Waals surface area contributed by atoms with Crippen LogP contribution in [0.25, 0.3) is 0 Å². The van der Waals surface area contributed by atoms with E-state index in [1.54, 1.807) is 19.1 Å². The minimum absolute atomic E-state index is 0.0586. The second-order valence-electron chi connectivity index (χ2n) is 5.23. The number of nitrogens with zero attached hydrogens (tertiary/aromatic N) is 2. The highest BCUT2D eigenvalue weighted by atomic mass is 35.5. The highest BCUT2D eigenvalue weighted by molar-refractivity contribution is 7.89. The fourth-order valence-corrected chi connectivity index (χ4v) is 4.22. The minimum atomic E-state index is -3.69. The van der Waals surface area contributed by atoms with Gasteiger partial charge in [-0.3, -0.25) is 9.59 Å². The molecule has 0 bridgehead atoms. The number of hydrogen-bond donors (Lipinski definition) is 0. The van der Waals surface area contributed by atoms with Crippen LogP contribution in [-0.2, 0) is 24.3 Å². The molecule has 0 atom stereocenters. The fourth-order valence-electron chi connectivity index (χ4n) is 2.31. The van der Waals surface area contributed by atoms with Gasteiger partial charge in [0.1, 0.15) is 4.90 Å². The molecule has 7 nitrogen and oxygen atoms in total. The lowest BCUT2D eigenvalue weighted by Crippen LogP contribution is -2.51. The molecule has 9 heteroatoms. The molecule has 1 fully saturated rings. The van der Waals surface area contributed by atoms with E-state index in [1.165, 1.54) is 21.3 Å². The van der Waals surface area contributed by atoms with E-state index in [4.69, 9.17) is 16.3 Å². The van der Waals surface area contributed by atoms with Crippen molar-refractivity contribution in [3.8, 4) is 0 Å². The molecule has 1 amide bonds. The predicted molar refractivity (Wildman–Crippen MR) is 88.0 cm³/mol. The van der Waals surface area contributed by atoms with Gasteiger partial charge in [-0.15, -0.1) is 0 Å². The van der Waals surface area contributed by atoms with Crippen LogP contribution >= 0.6 is 11.6 Å². The number of esters is 1. The second-order valence-corrected chi connectivity index (χ2v) is 7.54. The van der Waals surface area contributed by atoms with E-state index < -0.39 is 16.0 Å². The lowest BCUT2D eigenvalue weighted by molar-refractivity contribution is -0.152. The average Bonchev–Trinajstić information content (AvgIpc) is 2.59. The largest absolute Gasteiger partial charge is 0.456 e. The zero-order valence-electron chi connectivity index (χ0n) is 13.3. The summed E-state index contributed by atoms with van der Waals surface area (Å²) in [5.74, 6) is -0.769. The maximum Gasteiger partial charge on any atom is 0.306 e. The minimum Gasteiger partial charge on any atom is -0.456 e. The van der Waals surface area contributed by atoms with Crippen LogP contribution in [0.2, 0.25) is 5.02 Å². The molecule has 0 N–H and O–H groups in total. The van der Waals surface area contributed by atoms with Gasteiger partial charge in [0.05, 0.1) is 5.02 Å². The van der Waals surface area contributed by atoms with Gasteiger partial charge in [0, 0.05) is 32.6 Å². The van der Waals surface area contributed by atoms with Crippen molar-refractivity contribution in [3.05, 3.63) is 29.3 Å². The molecule has 24 heavy (non-hydrogen) atoms. The molecule has 0 radical (unpaired) electrons. The maximum atomic E-state index is 12.6. The van der Waals surface area contributed by atoms with Gasteiger partial charge in [0.15, 0.2) is 6.61 Å². The van der Waals surface area contributed by atoms with Gasteiger partial charge in [0.25, 0.3) is 5.91 Å². The van der Waals surface area contributed by atoms with E-state index in [-0.39, 0.29) is 55.0 Å². The Bertz CT molecular complexity index is 714. The first-order chi connectivity index (χ1) is 11.4. The molecule has 1 heterocycles. The molecule has 0 spiro atoms. The van der Waals surface area contributed by atoms with Gasteiger partial charge in [-0.1, -0.05) is 30.7 Å². The number of rotatable bonds is 5. The Morgan fingerprint density at radius 2 is 1.79 bits per heavy atom. The number of piperazine rings is 1. The first kappa shape index (κ1) is 18.7. The fraction of sp³-hybridized carbons (Fsp3) is 0.467. The highest BCUT2D eigenvalue weighted by Crippen LogP contribution is 2.24. The molecule has 1 aliphatic heterocycles. The molecule has 1 aliphatic rings. The smallest absolute Gasteiger partial charge is 0.306 e. The second kappa shape index (κ2) is 7.96. The van der Waals surface area contributed by atoms with Crippen LogP contribution in [0.3, 0.4) is 0 Å².